The van der Waals surface area contributed by atoms with Gasteiger partial charge in [-0.05, 0) is 18.2 Å². The molecule has 0 unspecified atom stereocenters. The smallest absolute Gasteiger partial charge is 0.230 e. The van der Waals surface area contributed by atoms with E-state index in [2.05, 4.69) is 15.3 Å². The molecule has 0 bridgehead atoms. The molecular formula is C12H11ClFN5OS. The predicted octanol–water partition coefficient (Wildman–Crippen LogP) is 2.02. The summed E-state index contributed by atoms with van der Waals surface area (Å²) in [5.74, 6) is -0.900. The van der Waals surface area contributed by atoms with E-state index in [1.807, 2.05) is 0 Å². The molecule has 1 heterocycles. The minimum atomic E-state index is -0.473. The summed E-state index contributed by atoms with van der Waals surface area (Å²) in [4.78, 5) is 19.7. The Labute approximate surface area is 128 Å². The number of aliphatic imine (C=N–C) groups is 1. The van der Waals surface area contributed by atoms with E-state index in [1.54, 1.807) is 5.38 Å². The molecule has 110 valence electrons. The number of hydrogen-bond acceptors (Lipinski definition) is 4. The van der Waals surface area contributed by atoms with Gasteiger partial charge < -0.3 is 16.8 Å². The average molecular weight is 328 g/mol. The monoisotopic (exact) mass is 327 g/mol. The lowest BCUT2D eigenvalue weighted by Crippen LogP contribution is -2.21. The maximum atomic E-state index is 12.9. The first-order valence-corrected chi connectivity index (χ1v) is 6.99. The summed E-state index contributed by atoms with van der Waals surface area (Å²) >= 11 is 7.04. The molecule has 0 fully saturated rings. The van der Waals surface area contributed by atoms with Crippen LogP contribution < -0.4 is 16.8 Å². The van der Waals surface area contributed by atoms with E-state index < -0.39 is 5.82 Å². The number of rotatable bonds is 4. The number of nitrogens with two attached hydrogens (primary N) is 2. The van der Waals surface area contributed by atoms with Crippen LogP contribution in [0.3, 0.4) is 0 Å². The van der Waals surface area contributed by atoms with Crippen molar-refractivity contribution in [2.45, 2.75) is 6.42 Å². The Morgan fingerprint density at radius 1 is 1.48 bits per heavy atom. The summed E-state index contributed by atoms with van der Waals surface area (Å²) in [7, 11) is 0. The van der Waals surface area contributed by atoms with Gasteiger partial charge in [0, 0.05) is 5.38 Å². The number of thiazole rings is 1. The van der Waals surface area contributed by atoms with E-state index in [0.717, 1.165) is 6.07 Å². The molecule has 0 aliphatic heterocycles. The molecular weight excluding hydrogens is 317 g/mol. The first-order chi connectivity index (χ1) is 9.94. The van der Waals surface area contributed by atoms with Gasteiger partial charge in [0.15, 0.2) is 5.96 Å². The standard InChI is InChI=1S/C12H11ClFN5OS/c13-8-3-6(14)1-2-9(8)18-10(20)4-7-5-21-12(17-7)19-11(15)16/h1-3,5H,4H2,(H,18,20)(H4,15,16,17,19). The number of amides is 1. The van der Waals surface area contributed by atoms with E-state index in [1.165, 1.54) is 23.5 Å². The molecule has 0 spiro atoms. The fourth-order valence-corrected chi connectivity index (χ4v) is 2.41. The quantitative estimate of drug-likeness (QED) is 0.590. The second-order valence-electron chi connectivity index (χ2n) is 4.01. The lowest BCUT2D eigenvalue weighted by molar-refractivity contribution is -0.115. The van der Waals surface area contributed by atoms with Gasteiger partial charge in [0.05, 0.1) is 22.8 Å². The van der Waals surface area contributed by atoms with Crippen molar-refractivity contribution >= 4 is 45.6 Å². The molecule has 2 aromatic rings. The molecule has 1 aromatic heterocycles. The molecule has 1 amide bonds. The normalized spacial score (nSPS) is 10.2. The molecule has 0 saturated carbocycles. The van der Waals surface area contributed by atoms with Gasteiger partial charge in [-0.2, -0.15) is 4.99 Å². The molecule has 21 heavy (non-hydrogen) atoms. The Morgan fingerprint density at radius 2 is 2.24 bits per heavy atom. The van der Waals surface area contributed by atoms with Crippen molar-refractivity contribution in [3.8, 4) is 0 Å². The Kier molecular flexibility index (Phi) is 4.71. The molecule has 6 nitrogen and oxygen atoms in total. The van der Waals surface area contributed by atoms with Crippen molar-refractivity contribution in [2.75, 3.05) is 5.32 Å². The Balaban J connectivity index is 2.01. The second-order valence-corrected chi connectivity index (χ2v) is 5.25. The van der Waals surface area contributed by atoms with Crippen molar-refractivity contribution in [3.63, 3.8) is 0 Å². The van der Waals surface area contributed by atoms with Crippen molar-refractivity contribution in [3.05, 3.63) is 40.1 Å². The van der Waals surface area contributed by atoms with Crippen LogP contribution in [0.25, 0.3) is 0 Å². The molecule has 9 heteroatoms. The number of carbonyl (C=O) groups is 1. The van der Waals surface area contributed by atoms with Gasteiger partial charge in [-0.15, -0.1) is 11.3 Å². The van der Waals surface area contributed by atoms with Crippen molar-refractivity contribution in [1.29, 1.82) is 0 Å². The summed E-state index contributed by atoms with van der Waals surface area (Å²) < 4.78 is 12.9. The molecule has 5 N–H and O–H groups in total. The highest BCUT2D eigenvalue weighted by atomic mass is 35.5. The van der Waals surface area contributed by atoms with Gasteiger partial charge in [0.2, 0.25) is 11.0 Å². The van der Waals surface area contributed by atoms with Crippen molar-refractivity contribution < 1.29 is 9.18 Å². The Bertz CT molecular complexity index is 699. The fraction of sp³-hybridized carbons (Fsp3) is 0.0833. The molecule has 0 aliphatic carbocycles. The number of anilines is 1. The van der Waals surface area contributed by atoms with E-state index in [0.29, 0.717) is 16.5 Å². The number of aromatic nitrogens is 1. The van der Waals surface area contributed by atoms with Crippen LogP contribution in [0.1, 0.15) is 5.69 Å². The van der Waals surface area contributed by atoms with Crippen LogP contribution in [0, 0.1) is 5.82 Å². The SMILES string of the molecule is NC(N)=Nc1nc(CC(=O)Nc2ccc(F)cc2Cl)cs1. The minimum Gasteiger partial charge on any atom is -0.370 e. The number of guanidine groups is 1. The van der Waals surface area contributed by atoms with E-state index in [-0.39, 0.29) is 23.3 Å². The summed E-state index contributed by atoms with van der Waals surface area (Å²) in [6.45, 7) is 0. The summed E-state index contributed by atoms with van der Waals surface area (Å²) in [6.07, 6.45) is 0.0319. The summed E-state index contributed by atoms with van der Waals surface area (Å²) in [5, 5.41) is 4.75. The highest BCUT2D eigenvalue weighted by Gasteiger charge is 2.10. The van der Waals surface area contributed by atoms with Crippen molar-refractivity contribution in [2.24, 2.45) is 16.5 Å². The van der Waals surface area contributed by atoms with Gasteiger partial charge in [0.25, 0.3) is 0 Å². The maximum absolute atomic E-state index is 12.9. The molecule has 0 saturated heterocycles. The lowest BCUT2D eigenvalue weighted by Gasteiger charge is -2.06. The molecule has 2 rings (SSSR count). The number of hydrogen-bond donors (Lipinski definition) is 3. The van der Waals surface area contributed by atoms with Crippen LogP contribution in [-0.2, 0) is 11.2 Å². The highest BCUT2D eigenvalue weighted by Crippen LogP contribution is 2.23. The lowest BCUT2D eigenvalue weighted by atomic mass is 10.2. The highest BCUT2D eigenvalue weighted by molar-refractivity contribution is 7.13. The third-order valence-corrected chi connectivity index (χ3v) is 3.41. The number of carbonyl (C=O) groups excluding carboxylic acids is 1. The fourth-order valence-electron chi connectivity index (χ4n) is 1.49. The zero-order chi connectivity index (χ0) is 15.4. The molecule has 0 radical (unpaired) electrons. The number of benzene rings is 1. The van der Waals surface area contributed by atoms with Gasteiger partial charge in [-0.25, -0.2) is 9.37 Å². The molecule has 1 aromatic carbocycles. The van der Waals surface area contributed by atoms with Crippen LogP contribution in [0.5, 0.6) is 0 Å². The number of nitrogens with one attached hydrogen (secondary N) is 1. The predicted molar refractivity (Wildman–Crippen MR) is 81.3 cm³/mol. The summed E-state index contributed by atoms with van der Waals surface area (Å²) in [6, 6.07) is 3.72. The van der Waals surface area contributed by atoms with Crippen molar-refractivity contribution in [1.82, 2.24) is 4.98 Å². The second kappa shape index (κ2) is 6.51. The summed E-state index contributed by atoms with van der Waals surface area (Å²) in [5.41, 5.74) is 11.3. The van der Waals surface area contributed by atoms with Crippen LogP contribution in [-0.4, -0.2) is 16.9 Å². The van der Waals surface area contributed by atoms with Crippen LogP contribution in [0.15, 0.2) is 28.6 Å². The van der Waals surface area contributed by atoms with Gasteiger partial charge in [-0.3, -0.25) is 4.79 Å². The van der Waals surface area contributed by atoms with Crippen LogP contribution in [0.4, 0.5) is 15.2 Å². The zero-order valence-electron chi connectivity index (χ0n) is 10.6. The minimum absolute atomic E-state index is 0.0319. The Hall–Kier alpha value is -2.19. The maximum Gasteiger partial charge on any atom is 0.230 e. The van der Waals surface area contributed by atoms with Crippen LogP contribution >= 0.6 is 22.9 Å². The van der Waals surface area contributed by atoms with Crippen LogP contribution in [0.2, 0.25) is 5.02 Å². The third kappa shape index (κ3) is 4.40. The molecule has 0 atom stereocenters. The third-order valence-electron chi connectivity index (χ3n) is 2.31. The first kappa shape index (κ1) is 15.2. The Morgan fingerprint density at radius 3 is 2.90 bits per heavy atom. The van der Waals surface area contributed by atoms with E-state index in [4.69, 9.17) is 23.1 Å². The largest absolute Gasteiger partial charge is 0.370 e. The average Bonchev–Trinajstić information content (AvgIpc) is 2.79. The number of nitrogens with zero attached hydrogens (tertiary/aromatic N) is 2. The van der Waals surface area contributed by atoms with Gasteiger partial charge >= 0.3 is 0 Å². The topological polar surface area (TPSA) is 106 Å². The van der Waals surface area contributed by atoms with E-state index >= 15 is 0 Å². The molecule has 0 aliphatic rings. The zero-order valence-corrected chi connectivity index (χ0v) is 12.2. The first-order valence-electron chi connectivity index (χ1n) is 5.73. The van der Waals surface area contributed by atoms with Gasteiger partial charge in [0.1, 0.15) is 5.82 Å². The van der Waals surface area contributed by atoms with Gasteiger partial charge in [-0.1, -0.05) is 11.6 Å². The number of halogens is 2. The van der Waals surface area contributed by atoms with E-state index in [9.17, 15) is 9.18 Å².